The number of rotatable bonds is 1. The largest absolute Gasteiger partial charge is 0.507 e. The Bertz CT molecular complexity index is 729. The summed E-state index contributed by atoms with van der Waals surface area (Å²) in [5, 5.41) is 14.6. The molecule has 0 bridgehead atoms. The van der Waals surface area contributed by atoms with Crippen LogP contribution in [0.25, 0.3) is 0 Å². The van der Waals surface area contributed by atoms with Gasteiger partial charge in [-0.05, 0) is 64.0 Å². The molecule has 1 heterocycles. The lowest BCUT2D eigenvalue weighted by Crippen LogP contribution is -2.70. The van der Waals surface area contributed by atoms with Crippen molar-refractivity contribution in [2.24, 2.45) is 0 Å². The van der Waals surface area contributed by atoms with Gasteiger partial charge in [0.2, 0.25) is 0 Å². The number of nitrogens with one attached hydrogen (secondary N) is 1. The van der Waals surface area contributed by atoms with Gasteiger partial charge in [-0.1, -0.05) is 41.5 Å². The molecule has 0 saturated carbocycles. The van der Waals surface area contributed by atoms with E-state index in [9.17, 15) is 9.90 Å². The van der Waals surface area contributed by atoms with Crippen LogP contribution in [0.3, 0.4) is 0 Å². The monoisotopic (exact) mass is 388 g/mol. The smallest absolute Gasteiger partial charge is 0.255 e. The van der Waals surface area contributed by atoms with Crippen LogP contribution < -0.4 is 5.32 Å². The summed E-state index contributed by atoms with van der Waals surface area (Å²) in [5.74, 6) is 0.318. The van der Waals surface area contributed by atoms with Crippen molar-refractivity contribution in [2.45, 2.75) is 111 Å². The fourth-order valence-electron chi connectivity index (χ4n) is 4.81. The molecule has 0 aromatic heterocycles. The zero-order valence-corrected chi connectivity index (χ0v) is 19.7. The number of hydrogen-bond acceptors (Lipinski definition) is 3. The van der Waals surface area contributed by atoms with Crippen molar-refractivity contribution in [1.29, 1.82) is 0 Å². The van der Waals surface area contributed by atoms with Gasteiger partial charge in [-0.25, -0.2) is 0 Å². The van der Waals surface area contributed by atoms with Crippen molar-refractivity contribution in [3.8, 4) is 5.75 Å². The van der Waals surface area contributed by atoms with E-state index in [0.29, 0.717) is 11.3 Å². The van der Waals surface area contributed by atoms with Gasteiger partial charge in [-0.15, -0.1) is 0 Å². The second-order valence-corrected chi connectivity index (χ2v) is 11.7. The Balaban J connectivity index is 2.63. The van der Waals surface area contributed by atoms with Crippen molar-refractivity contribution < 1.29 is 9.90 Å². The molecule has 1 atom stereocenters. The van der Waals surface area contributed by atoms with E-state index < -0.39 is 5.66 Å². The van der Waals surface area contributed by atoms with E-state index in [1.807, 2.05) is 17.0 Å². The minimum Gasteiger partial charge on any atom is -0.507 e. The molecular formula is C24H40N2O2. The molecule has 1 saturated heterocycles. The van der Waals surface area contributed by atoms with Gasteiger partial charge in [0.1, 0.15) is 5.75 Å². The summed E-state index contributed by atoms with van der Waals surface area (Å²) in [6.45, 7) is 23.0. The molecule has 1 aliphatic rings. The molecule has 158 valence electrons. The zero-order valence-electron chi connectivity index (χ0n) is 19.7. The molecule has 2 rings (SSSR count). The Hall–Kier alpha value is -1.55. The van der Waals surface area contributed by atoms with Gasteiger partial charge in [0.05, 0.1) is 5.66 Å². The summed E-state index contributed by atoms with van der Waals surface area (Å²) in [5.41, 5.74) is 1.28. The van der Waals surface area contributed by atoms with Gasteiger partial charge in [0, 0.05) is 28.3 Å². The van der Waals surface area contributed by atoms with Crippen LogP contribution in [0, 0.1) is 0 Å². The molecule has 1 aromatic rings. The van der Waals surface area contributed by atoms with Crippen molar-refractivity contribution in [2.75, 3.05) is 0 Å². The molecule has 28 heavy (non-hydrogen) atoms. The highest BCUT2D eigenvalue weighted by molar-refractivity contribution is 5.96. The number of carbonyl (C=O) groups excluding carboxylic acids is 1. The number of amides is 1. The number of phenols is 1. The lowest BCUT2D eigenvalue weighted by Gasteiger charge is -2.53. The molecule has 4 heteroatoms. The molecule has 1 fully saturated rings. The van der Waals surface area contributed by atoms with Gasteiger partial charge in [0.15, 0.2) is 0 Å². The maximum Gasteiger partial charge on any atom is 0.255 e. The Morgan fingerprint density at radius 1 is 1.04 bits per heavy atom. The van der Waals surface area contributed by atoms with Crippen LogP contribution >= 0.6 is 0 Å². The van der Waals surface area contributed by atoms with E-state index in [2.05, 4.69) is 81.5 Å². The van der Waals surface area contributed by atoms with Crippen LogP contribution in [0.2, 0.25) is 0 Å². The molecule has 1 unspecified atom stereocenters. The second kappa shape index (κ2) is 6.76. The zero-order chi connectivity index (χ0) is 21.9. The molecule has 1 aromatic carbocycles. The topological polar surface area (TPSA) is 52.6 Å². The van der Waals surface area contributed by atoms with Crippen LogP contribution in [0.5, 0.6) is 5.75 Å². The third kappa shape index (κ3) is 4.37. The maximum absolute atomic E-state index is 13.7. The summed E-state index contributed by atoms with van der Waals surface area (Å²) in [6, 6.07) is 3.88. The van der Waals surface area contributed by atoms with Crippen molar-refractivity contribution in [1.82, 2.24) is 10.2 Å². The normalized spacial score (nSPS) is 22.2. The van der Waals surface area contributed by atoms with Crippen LogP contribution in [-0.2, 0) is 10.8 Å². The standard InChI is InChI=1S/C24H40N2O2/c1-15-14-23(8,9)25-24(10,11)26(15)20(28)16-12-17(21(2,3)4)19(27)18(13-16)22(5,6)7/h12-13,15,25,27H,14H2,1-11H3. The van der Waals surface area contributed by atoms with Crippen LogP contribution in [-0.4, -0.2) is 33.2 Å². The maximum atomic E-state index is 13.7. The number of nitrogens with zero attached hydrogens (tertiary/aromatic N) is 1. The van der Waals surface area contributed by atoms with E-state index >= 15 is 0 Å². The number of carbonyl (C=O) groups is 1. The SMILES string of the molecule is CC1CC(C)(C)NC(C)(C)N1C(=O)c1cc(C(C)(C)C)c(O)c(C(C)(C)C)c1. The van der Waals surface area contributed by atoms with Crippen molar-refractivity contribution in [3.63, 3.8) is 0 Å². The van der Waals surface area contributed by atoms with Crippen LogP contribution in [0.4, 0.5) is 0 Å². The molecule has 1 amide bonds. The van der Waals surface area contributed by atoms with Gasteiger partial charge in [-0.3, -0.25) is 10.1 Å². The predicted molar refractivity (Wildman–Crippen MR) is 117 cm³/mol. The average Bonchev–Trinajstić information content (AvgIpc) is 2.41. The summed E-state index contributed by atoms with van der Waals surface area (Å²) >= 11 is 0. The molecule has 0 aliphatic carbocycles. The minimum absolute atomic E-state index is 0.0106. The van der Waals surface area contributed by atoms with Crippen LogP contribution in [0.15, 0.2) is 12.1 Å². The van der Waals surface area contributed by atoms with E-state index in [1.165, 1.54) is 0 Å². The van der Waals surface area contributed by atoms with Gasteiger partial charge < -0.3 is 10.0 Å². The first-order valence-electron chi connectivity index (χ1n) is 10.4. The fraction of sp³-hybridized carbons (Fsp3) is 0.708. The average molecular weight is 389 g/mol. The highest BCUT2D eigenvalue weighted by atomic mass is 16.3. The Kier molecular flexibility index (Phi) is 5.49. The first-order chi connectivity index (χ1) is 12.4. The summed E-state index contributed by atoms with van der Waals surface area (Å²) in [4.78, 5) is 15.7. The van der Waals surface area contributed by atoms with E-state index in [4.69, 9.17) is 0 Å². The Morgan fingerprint density at radius 3 is 1.82 bits per heavy atom. The van der Waals surface area contributed by atoms with Crippen molar-refractivity contribution in [3.05, 3.63) is 28.8 Å². The third-order valence-corrected chi connectivity index (χ3v) is 5.68. The second-order valence-electron chi connectivity index (χ2n) is 11.7. The highest BCUT2D eigenvalue weighted by Gasteiger charge is 2.45. The lowest BCUT2D eigenvalue weighted by molar-refractivity contribution is -0.0150. The Labute approximate surface area is 171 Å². The summed E-state index contributed by atoms with van der Waals surface area (Å²) in [6.07, 6.45) is 0.887. The lowest BCUT2D eigenvalue weighted by atomic mass is 9.78. The number of aromatic hydroxyl groups is 1. The Morgan fingerprint density at radius 2 is 1.46 bits per heavy atom. The first kappa shape index (κ1) is 22.7. The van der Waals surface area contributed by atoms with Gasteiger partial charge in [-0.2, -0.15) is 0 Å². The van der Waals surface area contributed by atoms with Gasteiger partial charge in [0.25, 0.3) is 5.91 Å². The summed E-state index contributed by atoms with van der Waals surface area (Å²) in [7, 11) is 0. The number of phenolic OH excluding ortho intramolecular Hbond substituents is 1. The number of hydrogen-bond donors (Lipinski definition) is 2. The fourth-order valence-corrected chi connectivity index (χ4v) is 4.81. The minimum atomic E-state index is -0.458. The van der Waals surface area contributed by atoms with Gasteiger partial charge >= 0.3 is 0 Å². The highest BCUT2D eigenvalue weighted by Crippen LogP contribution is 2.41. The van der Waals surface area contributed by atoms with Crippen molar-refractivity contribution >= 4 is 5.91 Å². The quantitative estimate of drug-likeness (QED) is 0.684. The summed E-state index contributed by atoms with van der Waals surface area (Å²) < 4.78 is 0. The molecule has 2 N–H and O–H groups in total. The van der Waals surface area contributed by atoms with E-state index in [-0.39, 0.29) is 28.3 Å². The predicted octanol–water partition coefficient (Wildman–Crippen LogP) is 5.33. The molecule has 0 spiro atoms. The molecular weight excluding hydrogens is 348 g/mol. The van der Waals surface area contributed by atoms with E-state index in [0.717, 1.165) is 17.5 Å². The molecule has 0 radical (unpaired) electrons. The molecule has 1 aliphatic heterocycles. The number of benzene rings is 1. The van der Waals surface area contributed by atoms with Crippen LogP contribution in [0.1, 0.15) is 104 Å². The first-order valence-corrected chi connectivity index (χ1v) is 10.4. The molecule has 4 nitrogen and oxygen atoms in total. The third-order valence-electron chi connectivity index (χ3n) is 5.68. The van der Waals surface area contributed by atoms with E-state index in [1.54, 1.807) is 0 Å².